The molecule has 2 aromatic heterocycles. The van der Waals surface area contributed by atoms with Gasteiger partial charge in [-0.2, -0.15) is 10.5 Å². The van der Waals surface area contributed by atoms with Crippen LogP contribution < -0.4 is 5.32 Å². The van der Waals surface area contributed by atoms with Crippen molar-refractivity contribution in [3.8, 4) is 6.07 Å². The molecule has 8 heteroatoms. The number of nitriles is 1. The summed E-state index contributed by atoms with van der Waals surface area (Å²) in [4.78, 5) is 7.78. The number of tetrazole rings is 1. The van der Waals surface area contributed by atoms with Crippen molar-refractivity contribution in [3.05, 3.63) is 71.9 Å². The minimum absolute atomic E-state index is 0.246. The number of anilines is 1. The molecule has 0 unspecified atom stereocenters. The van der Waals surface area contributed by atoms with Crippen LogP contribution in [-0.2, 0) is 0 Å². The van der Waals surface area contributed by atoms with E-state index in [1.165, 1.54) is 0 Å². The number of H-pyrrole nitrogens is 2. The van der Waals surface area contributed by atoms with E-state index in [1.54, 1.807) is 6.20 Å². The van der Waals surface area contributed by atoms with Gasteiger partial charge >= 0.3 is 0 Å². The van der Waals surface area contributed by atoms with E-state index in [0.29, 0.717) is 0 Å². The largest absolute Gasteiger partial charge is 0.360 e. The topological polar surface area (TPSA) is 119 Å². The molecular weight excluding hydrogens is 340 g/mol. The van der Waals surface area contributed by atoms with Crippen LogP contribution in [0.1, 0.15) is 17.2 Å². The predicted octanol–water partition coefficient (Wildman–Crippen LogP) is 3.22. The molecule has 0 amide bonds. The molecule has 0 spiro atoms. The summed E-state index contributed by atoms with van der Waals surface area (Å²) in [6, 6.07) is 17.7. The molecule has 27 heavy (non-hydrogen) atoms. The van der Waals surface area contributed by atoms with Crippen LogP contribution in [0.2, 0.25) is 0 Å². The first-order valence-electron chi connectivity index (χ1n) is 8.15. The van der Waals surface area contributed by atoms with E-state index in [0.717, 1.165) is 28.1 Å². The highest BCUT2D eigenvalue weighted by Crippen LogP contribution is 2.15. The minimum Gasteiger partial charge on any atom is -0.360 e. The molecule has 0 saturated heterocycles. The summed E-state index contributed by atoms with van der Waals surface area (Å²) in [5.41, 5.74) is 4.12. The number of imidazole rings is 1. The smallest absolute Gasteiger partial charge is 0.216 e. The van der Waals surface area contributed by atoms with Gasteiger partial charge in [-0.25, -0.2) is 4.98 Å². The fourth-order valence-corrected chi connectivity index (χ4v) is 2.50. The van der Waals surface area contributed by atoms with E-state index in [-0.39, 0.29) is 11.4 Å². The average molecular weight is 354 g/mol. The molecule has 0 fully saturated rings. The zero-order valence-electron chi connectivity index (χ0n) is 14.1. The van der Waals surface area contributed by atoms with Crippen molar-refractivity contribution in [1.29, 1.82) is 5.26 Å². The molecular formula is C19H14N8. The highest BCUT2D eigenvalue weighted by Gasteiger charge is 2.05. The molecule has 8 nitrogen and oxygen atoms in total. The van der Waals surface area contributed by atoms with Crippen LogP contribution in [0.5, 0.6) is 0 Å². The van der Waals surface area contributed by atoms with Gasteiger partial charge in [-0.1, -0.05) is 30.3 Å². The van der Waals surface area contributed by atoms with Gasteiger partial charge in [0.1, 0.15) is 17.5 Å². The second kappa shape index (κ2) is 7.33. The summed E-state index contributed by atoms with van der Waals surface area (Å²) in [7, 11) is 0. The van der Waals surface area contributed by atoms with E-state index in [4.69, 9.17) is 5.26 Å². The van der Waals surface area contributed by atoms with Crippen molar-refractivity contribution in [2.75, 3.05) is 5.32 Å². The lowest BCUT2D eigenvalue weighted by Crippen LogP contribution is -1.92. The molecule has 0 aliphatic carbocycles. The number of nitrogens with zero attached hydrogens (tertiary/aromatic N) is 5. The Morgan fingerprint density at radius 2 is 1.93 bits per heavy atom. The molecule has 0 atom stereocenters. The first-order valence-corrected chi connectivity index (χ1v) is 8.15. The number of benzene rings is 2. The number of nitrogens with one attached hydrogen (secondary N) is 3. The molecule has 2 heterocycles. The first kappa shape index (κ1) is 16.2. The average Bonchev–Trinajstić information content (AvgIpc) is 3.37. The molecule has 3 N–H and O–H groups in total. The highest BCUT2D eigenvalue weighted by molar-refractivity contribution is 5.79. The van der Waals surface area contributed by atoms with E-state index in [1.807, 2.05) is 66.8 Å². The van der Waals surface area contributed by atoms with Gasteiger partial charge in [-0.3, -0.25) is 0 Å². The normalized spacial score (nSPS) is 11.7. The first-order chi connectivity index (χ1) is 13.3. The molecule has 0 bridgehead atoms. The van der Waals surface area contributed by atoms with Crippen LogP contribution in [0.25, 0.3) is 28.8 Å². The third-order valence-electron chi connectivity index (χ3n) is 3.84. The van der Waals surface area contributed by atoms with E-state index < -0.39 is 0 Å². The molecule has 4 rings (SSSR count). The summed E-state index contributed by atoms with van der Waals surface area (Å²) in [6.07, 6.45) is 5.47. The zero-order chi connectivity index (χ0) is 18.5. The summed E-state index contributed by atoms with van der Waals surface area (Å²) in [5.74, 6) is 1.05. The van der Waals surface area contributed by atoms with Crippen molar-refractivity contribution in [1.82, 2.24) is 30.6 Å². The Labute approximate surface area is 154 Å². The van der Waals surface area contributed by atoms with Gasteiger partial charge in [0.15, 0.2) is 0 Å². The number of hydrogen-bond donors (Lipinski definition) is 3. The van der Waals surface area contributed by atoms with E-state index >= 15 is 0 Å². The fraction of sp³-hybridized carbons (Fsp3) is 0. The van der Waals surface area contributed by atoms with Crippen molar-refractivity contribution in [2.45, 2.75) is 0 Å². The quantitative estimate of drug-likeness (QED) is 0.473. The van der Waals surface area contributed by atoms with Gasteiger partial charge < -0.3 is 10.3 Å². The number of fused-ring (bicyclic) bond motifs is 1. The van der Waals surface area contributed by atoms with Crippen LogP contribution >= 0.6 is 0 Å². The number of rotatable bonds is 5. The molecule has 2 aromatic carbocycles. The summed E-state index contributed by atoms with van der Waals surface area (Å²) >= 11 is 0. The number of aromatic nitrogens is 6. The van der Waals surface area contributed by atoms with Crippen LogP contribution in [0.4, 0.5) is 5.69 Å². The minimum atomic E-state index is 0.246. The van der Waals surface area contributed by atoms with Gasteiger partial charge in [0, 0.05) is 11.9 Å². The molecule has 0 aliphatic rings. The standard InChI is InChI=1S/C19H14N8/c20-11-14(19-24-26-27-25-19)12-21-15-8-5-13(6-9-15)7-10-18-22-16-3-1-2-4-17(16)23-18/h1-10,12,21H,(H,22,23)(H,24,25,26,27). The predicted molar refractivity (Wildman–Crippen MR) is 103 cm³/mol. The number of allylic oxidation sites excluding steroid dienone is 1. The van der Waals surface area contributed by atoms with Crippen LogP contribution in [0.3, 0.4) is 0 Å². The molecule has 0 aliphatic heterocycles. The Morgan fingerprint density at radius 3 is 2.67 bits per heavy atom. The Kier molecular flexibility index (Phi) is 4.40. The number of para-hydroxylation sites is 2. The van der Waals surface area contributed by atoms with E-state index in [9.17, 15) is 0 Å². The Hall–Kier alpha value is -4.25. The summed E-state index contributed by atoms with van der Waals surface area (Å²) in [6.45, 7) is 0. The number of hydrogen-bond acceptors (Lipinski definition) is 6. The van der Waals surface area contributed by atoms with Gasteiger partial charge in [0.2, 0.25) is 5.82 Å². The Balaban J connectivity index is 1.45. The maximum absolute atomic E-state index is 9.15. The van der Waals surface area contributed by atoms with Gasteiger partial charge in [-0.15, -0.1) is 10.2 Å². The zero-order valence-corrected chi connectivity index (χ0v) is 14.1. The van der Waals surface area contributed by atoms with Gasteiger partial charge in [0.25, 0.3) is 0 Å². The molecule has 0 saturated carbocycles. The van der Waals surface area contributed by atoms with Gasteiger partial charge in [0.05, 0.1) is 11.0 Å². The maximum atomic E-state index is 9.15. The van der Waals surface area contributed by atoms with Crippen molar-refractivity contribution < 1.29 is 0 Å². The molecule has 4 aromatic rings. The van der Waals surface area contributed by atoms with Crippen LogP contribution in [-0.4, -0.2) is 30.6 Å². The van der Waals surface area contributed by atoms with E-state index in [2.05, 4.69) is 35.9 Å². The Morgan fingerprint density at radius 1 is 1.07 bits per heavy atom. The highest BCUT2D eigenvalue weighted by atomic mass is 15.5. The van der Waals surface area contributed by atoms with Crippen molar-refractivity contribution in [3.63, 3.8) is 0 Å². The van der Waals surface area contributed by atoms with Crippen molar-refractivity contribution >= 4 is 34.4 Å². The number of aromatic amines is 2. The van der Waals surface area contributed by atoms with Gasteiger partial charge in [-0.05, 0) is 41.1 Å². The SMILES string of the molecule is N#CC(=CNc1ccc(C=Cc2nc3ccccc3[nH]2)cc1)c1nn[nH]n1. The Bertz CT molecular complexity index is 1110. The summed E-state index contributed by atoms with van der Waals surface area (Å²) in [5, 5.41) is 25.5. The third kappa shape index (κ3) is 3.72. The van der Waals surface area contributed by atoms with Crippen molar-refractivity contribution in [2.24, 2.45) is 0 Å². The monoisotopic (exact) mass is 354 g/mol. The lowest BCUT2D eigenvalue weighted by atomic mass is 10.2. The fourth-order valence-electron chi connectivity index (χ4n) is 2.50. The third-order valence-corrected chi connectivity index (χ3v) is 3.84. The summed E-state index contributed by atoms with van der Waals surface area (Å²) < 4.78 is 0. The molecule has 130 valence electrons. The lowest BCUT2D eigenvalue weighted by molar-refractivity contribution is 0.881. The second-order valence-corrected chi connectivity index (χ2v) is 5.64. The van der Waals surface area contributed by atoms with Crippen LogP contribution in [0, 0.1) is 11.3 Å². The maximum Gasteiger partial charge on any atom is 0.216 e. The second-order valence-electron chi connectivity index (χ2n) is 5.64. The lowest BCUT2D eigenvalue weighted by Gasteiger charge is -2.01. The molecule has 0 radical (unpaired) electrons. The van der Waals surface area contributed by atoms with Crippen LogP contribution in [0.15, 0.2) is 54.7 Å².